The van der Waals surface area contributed by atoms with Crippen LogP contribution in [-0.4, -0.2) is 23.8 Å². The summed E-state index contributed by atoms with van der Waals surface area (Å²) in [5.41, 5.74) is 0.608. The fraction of sp³-hybridized carbons (Fsp3) is 1.00. The predicted molar refractivity (Wildman–Crippen MR) is 58.2 cm³/mol. The number of hydrogen-bond acceptors (Lipinski definition) is 2. The van der Waals surface area contributed by atoms with Crippen molar-refractivity contribution in [1.82, 2.24) is 5.32 Å². The van der Waals surface area contributed by atoms with Crippen molar-refractivity contribution in [3.8, 4) is 0 Å². The van der Waals surface area contributed by atoms with Crippen LogP contribution in [0.4, 0.5) is 0 Å². The second-order valence-corrected chi connectivity index (χ2v) is 5.19. The van der Waals surface area contributed by atoms with Crippen LogP contribution in [0.25, 0.3) is 0 Å². The van der Waals surface area contributed by atoms with Gasteiger partial charge in [-0.05, 0) is 37.5 Å². The first kappa shape index (κ1) is 10.4. The van der Waals surface area contributed by atoms with E-state index in [2.05, 4.69) is 12.2 Å². The molecule has 2 rings (SSSR count). The first-order valence-electron chi connectivity index (χ1n) is 6.17. The van der Waals surface area contributed by atoms with E-state index in [1.165, 1.54) is 38.5 Å². The molecule has 0 radical (unpaired) electrons. The second kappa shape index (κ2) is 4.19. The summed E-state index contributed by atoms with van der Waals surface area (Å²) in [5, 5.41) is 13.4. The lowest BCUT2D eigenvalue weighted by Crippen LogP contribution is -2.44. The Kier molecular flexibility index (Phi) is 3.13. The Morgan fingerprint density at radius 2 is 2.00 bits per heavy atom. The highest BCUT2D eigenvalue weighted by atomic mass is 16.3. The average molecular weight is 197 g/mol. The van der Waals surface area contributed by atoms with Gasteiger partial charge in [0.05, 0.1) is 6.10 Å². The zero-order chi connectivity index (χ0) is 10.0. The van der Waals surface area contributed by atoms with Gasteiger partial charge in [-0.25, -0.2) is 0 Å². The van der Waals surface area contributed by atoms with E-state index in [4.69, 9.17) is 0 Å². The molecule has 0 amide bonds. The van der Waals surface area contributed by atoms with Gasteiger partial charge in [0, 0.05) is 12.6 Å². The predicted octanol–water partition coefficient (Wildman–Crippen LogP) is 2.07. The summed E-state index contributed by atoms with van der Waals surface area (Å²) in [6.07, 6.45) is 8.64. The third kappa shape index (κ3) is 2.29. The molecule has 0 bridgehead atoms. The van der Waals surface area contributed by atoms with Crippen molar-refractivity contribution in [1.29, 1.82) is 0 Å². The van der Waals surface area contributed by atoms with Gasteiger partial charge in [-0.1, -0.05) is 19.8 Å². The zero-order valence-corrected chi connectivity index (χ0v) is 9.26. The van der Waals surface area contributed by atoms with Crippen LogP contribution in [-0.2, 0) is 0 Å². The molecule has 2 saturated carbocycles. The number of aliphatic hydroxyl groups is 1. The maximum absolute atomic E-state index is 9.80. The van der Waals surface area contributed by atoms with E-state index < -0.39 is 0 Å². The molecule has 0 spiro atoms. The van der Waals surface area contributed by atoms with Crippen LogP contribution in [0.5, 0.6) is 0 Å². The summed E-state index contributed by atoms with van der Waals surface area (Å²) in [6.45, 7) is 3.41. The molecule has 0 heterocycles. The van der Waals surface area contributed by atoms with Gasteiger partial charge >= 0.3 is 0 Å². The maximum atomic E-state index is 9.80. The van der Waals surface area contributed by atoms with Crippen molar-refractivity contribution in [2.75, 3.05) is 6.54 Å². The van der Waals surface area contributed by atoms with E-state index >= 15 is 0 Å². The van der Waals surface area contributed by atoms with E-state index in [9.17, 15) is 5.11 Å². The molecule has 14 heavy (non-hydrogen) atoms. The molecule has 2 fully saturated rings. The summed E-state index contributed by atoms with van der Waals surface area (Å²) in [5.74, 6) is 0. The molecule has 0 aromatic heterocycles. The lowest BCUT2D eigenvalue weighted by molar-refractivity contribution is 0.0879. The smallest absolute Gasteiger partial charge is 0.0693 e. The molecule has 0 aromatic carbocycles. The fourth-order valence-electron chi connectivity index (χ4n) is 2.53. The second-order valence-electron chi connectivity index (χ2n) is 5.19. The SMILES string of the molecule is CCC1(CN[C@H]2CCCC[C@@H]2O)CC1. The van der Waals surface area contributed by atoms with Crippen molar-refractivity contribution in [2.24, 2.45) is 5.41 Å². The Balaban J connectivity index is 1.73. The number of hydrogen-bond donors (Lipinski definition) is 2. The number of nitrogens with one attached hydrogen (secondary N) is 1. The molecule has 0 saturated heterocycles. The van der Waals surface area contributed by atoms with Gasteiger partial charge in [-0.2, -0.15) is 0 Å². The normalized spacial score (nSPS) is 35.6. The van der Waals surface area contributed by atoms with Gasteiger partial charge in [0.25, 0.3) is 0 Å². The quantitative estimate of drug-likeness (QED) is 0.723. The van der Waals surface area contributed by atoms with E-state index in [1.807, 2.05) is 0 Å². The standard InChI is InChI=1S/C12H23NO/c1-2-12(7-8-12)9-13-10-5-3-4-6-11(10)14/h10-11,13-14H,2-9H2,1H3/t10-,11-/m0/s1. The Hall–Kier alpha value is -0.0800. The zero-order valence-electron chi connectivity index (χ0n) is 9.26. The summed E-state index contributed by atoms with van der Waals surface area (Å²) in [6, 6.07) is 0.382. The molecule has 2 N–H and O–H groups in total. The number of aliphatic hydroxyl groups excluding tert-OH is 1. The van der Waals surface area contributed by atoms with Crippen molar-refractivity contribution < 1.29 is 5.11 Å². The van der Waals surface area contributed by atoms with Crippen molar-refractivity contribution in [3.05, 3.63) is 0 Å². The lowest BCUT2D eigenvalue weighted by Gasteiger charge is -2.30. The molecule has 0 aromatic rings. The maximum Gasteiger partial charge on any atom is 0.0693 e. The Morgan fingerprint density at radius 3 is 2.57 bits per heavy atom. The molecule has 2 nitrogen and oxygen atoms in total. The van der Waals surface area contributed by atoms with Crippen molar-refractivity contribution in [3.63, 3.8) is 0 Å². The average Bonchev–Trinajstić information content (AvgIpc) is 2.98. The molecule has 0 aliphatic heterocycles. The largest absolute Gasteiger partial charge is 0.392 e. The minimum atomic E-state index is -0.0867. The Bertz CT molecular complexity index is 189. The fourth-order valence-corrected chi connectivity index (χ4v) is 2.53. The highest BCUT2D eigenvalue weighted by molar-refractivity contribution is 4.95. The minimum absolute atomic E-state index is 0.0867. The van der Waals surface area contributed by atoms with Crippen LogP contribution >= 0.6 is 0 Å². The van der Waals surface area contributed by atoms with Gasteiger partial charge in [0.2, 0.25) is 0 Å². The van der Waals surface area contributed by atoms with Crippen molar-refractivity contribution in [2.45, 2.75) is 64.0 Å². The van der Waals surface area contributed by atoms with Gasteiger partial charge in [-0.3, -0.25) is 0 Å². The molecule has 2 aliphatic carbocycles. The van der Waals surface area contributed by atoms with Crippen LogP contribution < -0.4 is 5.32 Å². The monoisotopic (exact) mass is 197 g/mol. The Morgan fingerprint density at radius 1 is 1.29 bits per heavy atom. The molecule has 82 valence electrons. The van der Waals surface area contributed by atoms with Crippen LogP contribution in [0.1, 0.15) is 51.9 Å². The molecular formula is C12H23NO. The highest BCUT2D eigenvalue weighted by Gasteiger charge is 2.41. The molecule has 2 heteroatoms. The Labute approximate surface area is 87.1 Å². The molecule has 2 atom stereocenters. The topological polar surface area (TPSA) is 32.3 Å². The van der Waals surface area contributed by atoms with Crippen LogP contribution in [0.3, 0.4) is 0 Å². The third-order valence-electron chi connectivity index (χ3n) is 4.18. The summed E-state index contributed by atoms with van der Waals surface area (Å²) in [4.78, 5) is 0. The summed E-state index contributed by atoms with van der Waals surface area (Å²) >= 11 is 0. The molecular weight excluding hydrogens is 174 g/mol. The van der Waals surface area contributed by atoms with E-state index in [1.54, 1.807) is 0 Å². The molecule has 2 aliphatic rings. The van der Waals surface area contributed by atoms with E-state index in [0.29, 0.717) is 11.5 Å². The third-order valence-corrected chi connectivity index (χ3v) is 4.18. The van der Waals surface area contributed by atoms with Gasteiger partial charge < -0.3 is 10.4 Å². The van der Waals surface area contributed by atoms with Gasteiger partial charge in [0.1, 0.15) is 0 Å². The summed E-state index contributed by atoms with van der Waals surface area (Å²) < 4.78 is 0. The van der Waals surface area contributed by atoms with Crippen molar-refractivity contribution >= 4 is 0 Å². The number of rotatable bonds is 4. The van der Waals surface area contributed by atoms with Crippen LogP contribution in [0, 0.1) is 5.41 Å². The highest BCUT2D eigenvalue weighted by Crippen LogP contribution is 2.48. The first-order valence-corrected chi connectivity index (χ1v) is 6.17. The van der Waals surface area contributed by atoms with Crippen LogP contribution in [0.15, 0.2) is 0 Å². The van der Waals surface area contributed by atoms with Gasteiger partial charge in [0.15, 0.2) is 0 Å². The molecule has 0 unspecified atom stereocenters. The summed E-state index contributed by atoms with van der Waals surface area (Å²) in [7, 11) is 0. The van der Waals surface area contributed by atoms with Gasteiger partial charge in [-0.15, -0.1) is 0 Å². The van der Waals surface area contributed by atoms with E-state index in [0.717, 1.165) is 13.0 Å². The lowest BCUT2D eigenvalue weighted by atomic mass is 9.92. The minimum Gasteiger partial charge on any atom is -0.392 e. The first-order chi connectivity index (χ1) is 6.76. The van der Waals surface area contributed by atoms with Crippen LogP contribution in [0.2, 0.25) is 0 Å². The van der Waals surface area contributed by atoms with E-state index in [-0.39, 0.29) is 6.10 Å².